The van der Waals surface area contributed by atoms with E-state index >= 15 is 0 Å². The molecule has 2 amide bonds. The Morgan fingerprint density at radius 1 is 1.22 bits per heavy atom. The zero-order valence-corrected chi connectivity index (χ0v) is 11.2. The van der Waals surface area contributed by atoms with Crippen molar-refractivity contribution < 1.29 is 4.79 Å². The predicted molar refractivity (Wildman–Crippen MR) is 75.8 cm³/mol. The number of amides is 2. The number of hydrogen-bond donors (Lipinski definition) is 1. The van der Waals surface area contributed by atoms with Crippen LogP contribution < -0.4 is 5.32 Å². The van der Waals surface area contributed by atoms with Crippen molar-refractivity contribution in [2.24, 2.45) is 0 Å². The number of nitrogens with zero attached hydrogens (tertiary/aromatic N) is 1. The maximum Gasteiger partial charge on any atom is 0.322 e. The van der Waals surface area contributed by atoms with E-state index in [-0.39, 0.29) is 10.9 Å². The van der Waals surface area contributed by atoms with Crippen LogP contribution in [-0.2, 0) is 0 Å². The molecule has 0 unspecified atom stereocenters. The first-order valence-corrected chi connectivity index (χ1v) is 7.56. The molecule has 0 atom stereocenters. The van der Waals surface area contributed by atoms with Gasteiger partial charge in [-0.3, -0.25) is 0 Å². The molecule has 1 spiro atoms. The third-order valence-corrected chi connectivity index (χ3v) is 5.39. The summed E-state index contributed by atoms with van der Waals surface area (Å²) < 4.78 is 0. The number of benzene rings is 1. The van der Waals surface area contributed by atoms with E-state index in [0.717, 1.165) is 30.8 Å². The van der Waals surface area contributed by atoms with Crippen molar-refractivity contribution in [3.8, 4) is 0 Å². The normalized spacial score (nSPS) is 21.4. The molecule has 4 heteroatoms. The summed E-state index contributed by atoms with van der Waals surface area (Å²) in [6, 6.07) is 9.78. The van der Waals surface area contributed by atoms with Crippen LogP contribution in [0.3, 0.4) is 0 Å². The van der Waals surface area contributed by atoms with Crippen molar-refractivity contribution >= 4 is 23.5 Å². The predicted octanol–water partition coefficient (Wildman–Crippen LogP) is 3.54. The molecule has 1 N–H and O–H groups in total. The summed E-state index contributed by atoms with van der Waals surface area (Å²) in [4.78, 5) is 14.5. The van der Waals surface area contributed by atoms with E-state index in [0.29, 0.717) is 0 Å². The Bertz CT molecular complexity index is 423. The zero-order chi connectivity index (χ0) is 12.4. The highest BCUT2D eigenvalue weighted by Gasteiger charge is 2.46. The largest absolute Gasteiger partial charge is 0.322 e. The van der Waals surface area contributed by atoms with Crippen molar-refractivity contribution in [1.82, 2.24) is 4.90 Å². The van der Waals surface area contributed by atoms with E-state index < -0.39 is 0 Å². The number of nitrogens with one attached hydrogen (secondary N) is 1. The molecule has 0 radical (unpaired) electrons. The molecule has 1 aromatic carbocycles. The number of carbonyl (C=O) groups is 1. The summed E-state index contributed by atoms with van der Waals surface area (Å²) in [7, 11) is 0. The van der Waals surface area contributed by atoms with Gasteiger partial charge in [0, 0.05) is 18.0 Å². The highest BCUT2D eigenvalue weighted by Crippen LogP contribution is 2.48. The van der Waals surface area contributed by atoms with Gasteiger partial charge in [0.15, 0.2) is 0 Å². The van der Waals surface area contributed by atoms with Crippen molar-refractivity contribution in [2.75, 3.05) is 17.6 Å². The Hall–Kier alpha value is -1.16. The van der Waals surface area contributed by atoms with E-state index in [4.69, 9.17) is 0 Å². The first kappa shape index (κ1) is 11.9. The molecule has 2 aliphatic rings. The van der Waals surface area contributed by atoms with E-state index in [2.05, 4.69) is 10.2 Å². The molecule has 18 heavy (non-hydrogen) atoms. The van der Waals surface area contributed by atoms with Crippen molar-refractivity contribution in [3.05, 3.63) is 30.3 Å². The highest BCUT2D eigenvalue weighted by molar-refractivity contribution is 8.00. The molecule has 1 heterocycles. The minimum Gasteiger partial charge on any atom is -0.309 e. The van der Waals surface area contributed by atoms with Crippen molar-refractivity contribution in [1.29, 1.82) is 0 Å². The fourth-order valence-corrected chi connectivity index (χ4v) is 4.51. The molecular formula is C14H18N2OS. The molecule has 0 aromatic heterocycles. The molecule has 96 valence electrons. The van der Waals surface area contributed by atoms with Gasteiger partial charge in [-0.1, -0.05) is 31.0 Å². The third kappa shape index (κ3) is 2.09. The summed E-state index contributed by atoms with van der Waals surface area (Å²) >= 11 is 1.96. The Balaban J connectivity index is 1.72. The van der Waals surface area contributed by atoms with Gasteiger partial charge < -0.3 is 10.2 Å². The number of hydrogen-bond acceptors (Lipinski definition) is 2. The first-order chi connectivity index (χ1) is 8.80. The topological polar surface area (TPSA) is 32.3 Å². The lowest BCUT2D eigenvalue weighted by atomic mass is 10.2. The second-order valence-electron chi connectivity index (χ2n) is 4.95. The third-order valence-electron chi connectivity index (χ3n) is 3.83. The Kier molecular flexibility index (Phi) is 3.20. The fraction of sp³-hybridized carbons (Fsp3) is 0.500. The van der Waals surface area contributed by atoms with Crippen LogP contribution in [0, 0.1) is 0 Å². The molecule has 0 bridgehead atoms. The maximum atomic E-state index is 12.4. The van der Waals surface area contributed by atoms with E-state index in [1.54, 1.807) is 0 Å². The lowest BCUT2D eigenvalue weighted by Gasteiger charge is -2.33. The van der Waals surface area contributed by atoms with Gasteiger partial charge in [-0.25, -0.2) is 4.79 Å². The van der Waals surface area contributed by atoms with Gasteiger partial charge in [0.2, 0.25) is 0 Å². The Labute approximate surface area is 112 Å². The second kappa shape index (κ2) is 4.84. The van der Waals surface area contributed by atoms with Crippen LogP contribution in [0.4, 0.5) is 10.5 Å². The molecule has 3 nitrogen and oxygen atoms in total. The summed E-state index contributed by atoms with van der Waals surface area (Å²) in [5.74, 6) is 1.07. The number of carbonyl (C=O) groups excluding carboxylic acids is 1. The van der Waals surface area contributed by atoms with Crippen LogP contribution in [0.25, 0.3) is 0 Å². The Morgan fingerprint density at radius 3 is 2.67 bits per heavy atom. The molecule has 1 aromatic rings. The molecule has 1 aliphatic carbocycles. The number of anilines is 1. The molecule has 2 fully saturated rings. The average molecular weight is 262 g/mol. The summed E-state index contributed by atoms with van der Waals surface area (Å²) in [5, 5.41) is 3.01. The second-order valence-corrected chi connectivity index (χ2v) is 6.41. The van der Waals surface area contributed by atoms with Gasteiger partial charge in [-0.15, -0.1) is 11.8 Å². The van der Waals surface area contributed by atoms with E-state index in [9.17, 15) is 4.79 Å². The minimum atomic E-state index is 0.0631. The van der Waals surface area contributed by atoms with Crippen LogP contribution in [0.5, 0.6) is 0 Å². The summed E-state index contributed by atoms with van der Waals surface area (Å²) in [6.07, 6.45) is 4.81. The number of urea groups is 1. The molecule has 1 saturated carbocycles. The zero-order valence-electron chi connectivity index (χ0n) is 10.4. The SMILES string of the molecule is O=C(Nc1ccccc1)N1CCSC12CCCC2. The minimum absolute atomic E-state index is 0.0631. The number of thioether (sulfide) groups is 1. The number of rotatable bonds is 1. The van der Waals surface area contributed by atoms with Gasteiger partial charge in [0.05, 0.1) is 4.87 Å². The van der Waals surface area contributed by atoms with Crippen LogP contribution >= 0.6 is 11.8 Å². The van der Waals surface area contributed by atoms with Gasteiger partial charge >= 0.3 is 6.03 Å². The monoisotopic (exact) mass is 262 g/mol. The van der Waals surface area contributed by atoms with Gasteiger partial charge in [0.1, 0.15) is 0 Å². The van der Waals surface area contributed by atoms with Crippen molar-refractivity contribution in [3.63, 3.8) is 0 Å². The Morgan fingerprint density at radius 2 is 1.94 bits per heavy atom. The average Bonchev–Trinajstić information content (AvgIpc) is 3.02. The van der Waals surface area contributed by atoms with E-state index in [1.807, 2.05) is 42.1 Å². The van der Waals surface area contributed by atoms with Crippen LogP contribution in [-0.4, -0.2) is 28.1 Å². The molecule has 3 rings (SSSR count). The molecular weight excluding hydrogens is 244 g/mol. The maximum absolute atomic E-state index is 12.4. The summed E-state index contributed by atoms with van der Waals surface area (Å²) in [6.45, 7) is 0.878. The number of para-hydroxylation sites is 1. The van der Waals surface area contributed by atoms with Crippen molar-refractivity contribution in [2.45, 2.75) is 30.6 Å². The van der Waals surface area contributed by atoms with Crippen LogP contribution in [0.2, 0.25) is 0 Å². The molecule has 1 aliphatic heterocycles. The highest BCUT2D eigenvalue weighted by atomic mass is 32.2. The van der Waals surface area contributed by atoms with E-state index in [1.165, 1.54) is 12.8 Å². The summed E-state index contributed by atoms with van der Waals surface area (Å²) in [5.41, 5.74) is 0.882. The lowest BCUT2D eigenvalue weighted by molar-refractivity contribution is 0.188. The van der Waals surface area contributed by atoms with Crippen LogP contribution in [0.1, 0.15) is 25.7 Å². The van der Waals surface area contributed by atoms with Crippen LogP contribution in [0.15, 0.2) is 30.3 Å². The van der Waals surface area contributed by atoms with Gasteiger partial charge in [-0.05, 0) is 25.0 Å². The smallest absolute Gasteiger partial charge is 0.309 e. The first-order valence-electron chi connectivity index (χ1n) is 6.58. The molecule has 1 saturated heterocycles. The standard InChI is InChI=1S/C14H18N2OS/c17-13(15-12-6-2-1-3-7-12)16-10-11-18-14(16)8-4-5-9-14/h1-3,6-7H,4-5,8-11H2,(H,15,17). The quantitative estimate of drug-likeness (QED) is 0.839. The van der Waals surface area contributed by atoms with Gasteiger partial charge in [0.25, 0.3) is 0 Å². The lowest BCUT2D eigenvalue weighted by Crippen LogP contribution is -2.46. The fourth-order valence-electron chi connectivity index (χ4n) is 2.95. The van der Waals surface area contributed by atoms with Gasteiger partial charge in [-0.2, -0.15) is 0 Å².